The smallest absolute Gasteiger partial charge is 0.173 e. The molecular weight excluding hydrogens is 130 g/mol. The lowest BCUT2D eigenvalue weighted by molar-refractivity contribution is -0.143. The van der Waals surface area contributed by atoms with Crippen LogP contribution in [0.5, 0.6) is 0 Å². The summed E-state index contributed by atoms with van der Waals surface area (Å²) in [5, 5.41) is 0. The molecule has 1 aliphatic rings. The maximum atomic E-state index is 10.8. The second kappa shape index (κ2) is 3.12. The molecule has 0 saturated carbocycles. The van der Waals surface area contributed by atoms with Gasteiger partial charge in [0.25, 0.3) is 0 Å². The second-order valence-corrected chi connectivity index (χ2v) is 2.59. The van der Waals surface area contributed by atoms with E-state index in [1.165, 1.54) is 6.42 Å². The highest BCUT2D eigenvalue weighted by atomic mass is 16.5. The van der Waals surface area contributed by atoms with Crippen LogP contribution >= 0.6 is 0 Å². The van der Waals surface area contributed by atoms with Crippen LogP contribution in [0, 0.1) is 0 Å². The fourth-order valence-corrected chi connectivity index (χ4v) is 1.15. The van der Waals surface area contributed by atoms with Gasteiger partial charge in [0.15, 0.2) is 12.0 Å². The van der Waals surface area contributed by atoms with Crippen LogP contribution in [-0.4, -0.2) is 37.1 Å². The molecule has 0 aromatic heterocycles. The first-order chi connectivity index (χ1) is 4.75. The predicted octanol–water partition coefficient (Wildman–Crippen LogP) is 0.254. The summed E-state index contributed by atoms with van der Waals surface area (Å²) >= 11 is 0. The number of ether oxygens (including phenoxy) is 1. The molecule has 0 aliphatic carbocycles. The molecule has 1 aliphatic heterocycles. The van der Waals surface area contributed by atoms with E-state index in [1.54, 1.807) is 14.0 Å². The molecule has 0 amide bonds. The monoisotopic (exact) mass is 143 g/mol. The van der Waals surface area contributed by atoms with Gasteiger partial charge in [-0.25, -0.2) is 0 Å². The average molecular weight is 143 g/mol. The highest BCUT2D eigenvalue weighted by Gasteiger charge is 2.26. The first-order valence-corrected chi connectivity index (χ1v) is 3.53. The lowest BCUT2D eigenvalue weighted by Gasteiger charge is -2.35. The summed E-state index contributed by atoms with van der Waals surface area (Å²) < 4.78 is 4.99. The van der Waals surface area contributed by atoms with Crippen molar-refractivity contribution in [1.82, 2.24) is 4.90 Å². The van der Waals surface area contributed by atoms with Crippen LogP contribution in [-0.2, 0) is 9.53 Å². The number of hydrogen-bond acceptors (Lipinski definition) is 3. The molecule has 0 spiro atoms. The number of methoxy groups -OCH3 is 1. The molecule has 0 bridgehead atoms. The van der Waals surface area contributed by atoms with Crippen molar-refractivity contribution in [3.05, 3.63) is 0 Å². The number of rotatable bonds is 3. The Morgan fingerprint density at radius 1 is 1.60 bits per heavy atom. The second-order valence-electron chi connectivity index (χ2n) is 2.59. The van der Waals surface area contributed by atoms with Crippen molar-refractivity contribution < 1.29 is 9.53 Å². The number of nitrogens with zero attached hydrogens (tertiary/aromatic N) is 1. The molecule has 1 unspecified atom stereocenters. The van der Waals surface area contributed by atoms with Crippen molar-refractivity contribution in [2.24, 2.45) is 0 Å². The van der Waals surface area contributed by atoms with E-state index in [-0.39, 0.29) is 12.0 Å². The van der Waals surface area contributed by atoms with Gasteiger partial charge in [-0.15, -0.1) is 0 Å². The van der Waals surface area contributed by atoms with E-state index in [4.69, 9.17) is 4.74 Å². The zero-order chi connectivity index (χ0) is 7.56. The fraction of sp³-hybridized carbons (Fsp3) is 0.857. The van der Waals surface area contributed by atoms with Gasteiger partial charge < -0.3 is 4.74 Å². The first-order valence-electron chi connectivity index (χ1n) is 3.53. The van der Waals surface area contributed by atoms with Gasteiger partial charge in [-0.1, -0.05) is 0 Å². The Balaban J connectivity index is 2.39. The zero-order valence-electron chi connectivity index (χ0n) is 6.46. The van der Waals surface area contributed by atoms with Gasteiger partial charge in [-0.3, -0.25) is 9.69 Å². The molecule has 0 aromatic carbocycles. The maximum absolute atomic E-state index is 10.8. The van der Waals surface area contributed by atoms with Gasteiger partial charge in [0.1, 0.15) is 0 Å². The molecule has 0 aromatic rings. The van der Waals surface area contributed by atoms with Gasteiger partial charge in [-0.05, 0) is 13.3 Å². The molecule has 0 radical (unpaired) electrons. The number of carbonyl (C=O) groups excluding carboxylic acids is 1. The minimum Gasteiger partial charge on any atom is -0.359 e. The van der Waals surface area contributed by atoms with Crippen molar-refractivity contribution >= 4 is 5.78 Å². The third-order valence-electron chi connectivity index (χ3n) is 1.79. The van der Waals surface area contributed by atoms with Crippen LogP contribution in [0.1, 0.15) is 13.3 Å². The maximum Gasteiger partial charge on any atom is 0.173 e. The van der Waals surface area contributed by atoms with E-state index in [9.17, 15) is 4.79 Å². The molecular formula is C7H13NO2. The first kappa shape index (κ1) is 7.69. The number of carbonyl (C=O) groups is 1. The number of ketones is 1. The highest BCUT2D eigenvalue weighted by molar-refractivity contribution is 5.80. The summed E-state index contributed by atoms with van der Waals surface area (Å²) in [7, 11) is 1.57. The molecule has 1 atom stereocenters. The predicted molar refractivity (Wildman–Crippen MR) is 37.7 cm³/mol. The van der Waals surface area contributed by atoms with E-state index in [2.05, 4.69) is 0 Å². The van der Waals surface area contributed by atoms with Gasteiger partial charge in [0.05, 0.1) is 0 Å². The van der Waals surface area contributed by atoms with Gasteiger partial charge in [0, 0.05) is 20.2 Å². The summed E-state index contributed by atoms with van der Waals surface area (Å²) in [6, 6.07) is 0. The number of hydrogen-bond donors (Lipinski definition) is 0. The topological polar surface area (TPSA) is 29.5 Å². The quantitative estimate of drug-likeness (QED) is 0.567. The minimum atomic E-state index is -0.284. The van der Waals surface area contributed by atoms with Gasteiger partial charge in [0.2, 0.25) is 0 Å². The third-order valence-corrected chi connectivity index (χ3v) is 1.79. The zero-order valence-corrected chi connectivity index (χ0v) is 6.46. The summed E-state index contributed by atoms with van der Waals surface area (Å²) in [6.07, 6.45) is 0.904. The van der Waals surface area contributed by atoms with Crippen molar-refractivity contribution in [2.45, 2.75) is 19.6 Å². The molecule has 3 nitrogen and oxygen atoms in total. The van der Waals surface area contributed by atoms with Crippen molar-refractivity contribution in [3.8, 4) is 0 Å². The normalized spacial score (nSPS) is 21.8. The fourth-order valence-electron chi connectivity index (χ4n) is 1.15. The molecule has 3 heteroatoms. The van der Waals surface area contributed by atoms with Crippen LogP contribution in [0.3, 0.4) is 0 Å². The van der Waals surface area contributed by atoms with Crippen molar-refractivity contribution in [3.63, 3.8) is 0 Å². The third kappa shape index (κ3) is 1.36. The largest absolute Gasteiger partial charge is 0.359 e. The molecule has 58 valence electrons. The van der Waals surface area contributed by atoms with Crippen LogP contribution < -0.4 is 0 Å². The lowest BCUT2D eigenvalue weighted by atomic mass is 10.2. The van der Waals surface area contributed by atoms with Crippen LogP contribution in [0.15, 0.2) is 0 Å². The standard InChI is InChI=1S/C7H13NO2/c1-6(9)7(10-2)8-4-3-5-8/h7H,3-5H2,1-2H3. The van der Waals surface area contributed by atoms with Gasteiger partial charge in [-0.2, -0.15) is 0 Å². The Labute approximate surface area is 61.0 Å². The summed E-state index contributed by atoms with van der Waals surface area (Å²) in [4.78, 5) is 12.9. The lowest BCUT2D eigenvalue weighted by Crippen LogP contribution is -2.49. The molecule has 1 fully saturated rings. The summed E-state index contributed by atoms with van der Waals surface area (Å²) in [5.74, 6) is 0.0993. The van der Waals surface area contributed by atoms with E-state index >= 15 is 0 Å². The Hall–Kier alpha value is -0.410. The molecule has 10 heavy (non-hydrogen) atoms. The van der Waals surface area contributed by atoms with Crippen molar-refractivity contribution in [2.75, 3.05) is 20.2 Å². The van der Waals surface area contributed by atoms with Crippen LogP contribution in [0.25, 0.3) is 0 Å². The summed E-state index contributed by atoms with van der Waals surface area (Å²) in [6.45, 7) is 3.56. The average Bonchev–Trinajstić information content (AvgIpc) is 1.76. The molecule has 1 saturated heterocycles. The Bertz CT molecular complexity index is 132. The Kier molecular flexibility index (Phi) is 2.40. The number of Topliss-reactive ketones (excluding diaryl/α,β-unsaturated/α-hetero) is 1. The molecule has 1 heterocycles. The highest BCUT2D eigenvalue weighted by Crippen LogP contribution is 2.11. The summed E-state index contributed by atoms with van der Waals surface area (Å²) in [5.41, 5.74) is 0. The van der Waals surface area contributed by atoms with Crippen molar-refractivity contribution in [1.29, 1.82) is 0 Å². The van der Waals surface area contributed by atoms with E-state index in [0.29, 0.717) is 0 Å². The van der Waals surface area contributed by atoms with E-state index < -0.39 is 0 Å². The number of likely N-dealkylation sites (tertiary alicyclic amines) is 1. The molecule has 1 rings (SSSR count). The minimum absolute atomic E-state index is 0.0993. The Morgan fingerprint density at radius 2 is 2.20 bits per heavy atom. The SMILES string of the molecule is COC(C(C)=O)N1CCC1. The van der Waals surface area contributed by atoms with E-state index in [0.717, 1.165) is 13.1 Å². The van der Waals surface area contributed by atoms with Crippen LogP contribution in [0.4, 0.5) is 0 Å². The molecule has 0 N–H and O–H groups in total. The van der Waals surface area contributed by atoms with Gasteiger partial charge >= 0.3 is 0 Å². The van der Waals surface area contributed by atoms with Crippen LogP contribution in [0.2, 0.25) is 0 Å². The Morgan fingerprint density at radius 3 is 2.30 bits per heavy atom. The van der Waals surface area contributed by atoms with E-state index in [1.807, 2.05) is 4.90 Å².